The van der Waals surface area contributed by atoms with E-state index in [1.165, 1.54) is 14.9 Å². The number of sulfonamides is 2. The Labute approximate surface area is 398 Å². The number of rotatable bonds is 14. The average Bonchev–Trinajstić information content (AvgIpc) is 4.08. The molecule has 348 valence electrons. The van der Waals surface area contributed by atoms with E-state index in [1.807, 2.05) is 48.5 Å². The molecule has 2 aliphatic rings. The second-order valence-electron chi connectivity index (χ2n) is 16.1. The van der Waals surface area contributed by atoms with Crippen LogP contribution >= 0.6 is 24.4 Å². The monoisotopic (exact) mass is 969 g/mol. The normalized spacial score (nSPS) is 14.3. The molecular formula is C46H55N11O5S4. The zero-order valence-corrected chi connectivity index (χ0v) is 40.1. The average molecular weight is 970 g/mol. The quantitative estimate of drug-likeness (QED) is 0.0904. The van der Waals surface area contributed by atoms with Gasteiger partial charge in [0, 0.05) is 82.7 Å². The van der Waals surface area contributed by atoms with Gasteiger partial charge in [-0.3, -0.25) is 8.61 Å². The molecule has 0 saturated carbocycles. The number of nitrogens with one attached hydrogen (secondary N) is 3. The Bertz CT molecular complexity index is 2680. The number of hydrogen-bond acceptors (Lipinski definition) is 10. The van der Waals surface area contributed by atoms with E-state index in [2.05, 4.69) is 53.8 Å². The third kappa shape index (κ3) is 12.0. The van der Waals surface area contributed by atoms with Gasteiger partial charge in [0.05, 0.1) is 58.3 Å². The van der Waals surface area contributed by atoms with Gasteiger partial charge in [-0.15, -0.1) is 0 Å². The second kappa shape index (κ2) is 21.8. The Morgan fingerprint density at radius 1 is 0.621 bits per heavy atom. The third-order valence-electron chi connectivity index (χ3n) is 11.2. The van der Waals surface area contributed by atoms with Gasteiger partial charge in [-0.1, -0.05) is 50.2 Å². The minimum Gasteiger partial charge on any atom is -0.486 e. The number of aromatic amines is 2. The maximum atomic E-state index is 13.5. The predicted molar refractivity (Wildman–Crippen MR) is 268 cm³/mol. The standard InChI is InChI=1S/C25H32N6O2S2.C21H23N5O3S2/c1-20(2)16-27-25(34)30-14-12-29(13-15-30)22-8-10-23(11-9-22)31(18-21-17-26-19-28-21)35(32,33)24-6-4-3-5-7-24;27-21(30)25-12-10-24(11-13-25)18-6-8-19(9-7-18)26(15-17-14-22-16-23-17)31(28,29)20-4-2-1-3-5-20/h3-11,17,19-20H,12-16,18H2,1-2H3,(H,26,28)(H,27,34);1-9,14,16H,10-13,15H2,(H,22,23)(H,27,30). The number of benzene rings is 4. The highest BCUT2D eigenvalue weighted by Gasteiger charge is 2.28. The summed E-state index contributed by atoms with van der Waals surface area (Å²) >= 11 is 10.4. The van der Waals surface area contributed by atoms with E-state index >= 15 is 0 Å². The van der Waals surface area contributed by atoms with Crippen molar-refractivity contribution in [3.05, 3.63) is 146 Å². The summed E-state index contributed by atoms with van der Waals surface area (Å²) in [6.45, 7) is 11.6. The summed E-state index contributed by atoms with van der Waals surface area (Å²) in [5, 5.41) is 13.6. The zero-order valence-electron chi connectivity index (χ0n) is 36.8. The van der Waals surface area contributed by atoms with Gasteiger partial charge < -0.3 is 40.0 Å². The van der Waals surface area contributed by atoms with Crippen LogP contribution in [0.15, 0.2) is 144 Å². The highest BCUT2D eigenvalue weighted by Crippen LogP contribution is 2.30. The van der Waals surface area contributed by atoms with Crippen LogP contribution in [-0.4, -0.2) is 121 Å². The number of aromatic nitrogens is 4. The molecule has 0 amide bonds. The minimum atomic E-state index is -3.76. The SMILES string of the molecule is CC(C)CNC(=S)N1CCN(c2ccc(N(Cc3cnc[nH]3)S(=O)(=O)c3ccccc3)cc2)CC1.O=S(=O)(c1ccccc1)N(Cc1cnc[nH]1)c1ccc(N2CCN(C(O)=S)CC2)cc1. The summed E-state index contributed by atoms with van der Waals surface area (Å²) in [6.07, 6.45) is 6.34. The minimum absolute atomic E-state index is 0.0736. The van der Waals surface area contributed by atoms with Crippen molar-refractivity contribution in [2.45, 2.75) is 36.7 Å². The first-order chi connectivity index (χ1) is 31.8. The fraction of sp³-hybridized carbons (Fsp3) is 0.304. The number of piperazine rings is 2. The summed E-state index contributed by atoms with van der Waals surface area (Å²) in [6, 6.07) is 32.1. The van der Waals surface area contributed by atoms with Crippen LogP contribution in [0.3, 0.4) is 0 Å². The van der Waals surface area contributed by atoms with Crippen molar-refractivity contribution in [3.8, 4) is 0 Å². The third-order valence-corrected chi connectivity index (χ3v) is 15.4. The van der Waals surface area contributed by atoms with Gasteiger partial charge in [0.15, 0.2) is 5.11 Å². The maximum Gasteiger partial charge on any atom is 0.264 e. The second-order valence-corrected chi connectivity index (χ2v) is 20.6. The first-order valence-corrected chi connectivity index (χ1v) is 25.3. The lowest BCUT2D eigenvalue weighted by molar-refractivity contribution is 0.326. The van der Waals surface area contributed by atoms with Gasteiger partial charge in [0.1, 0.15) is 0 Å². The number of H-pyrrole nitrogens is 2. The number of nitrogens with zero attached hydrogens (tertiary/aromatic N) is 8. The van der Waals surface area contributed by atoms with Crippen molar-refractivity contribution < 1.29 is 21.9 Å². The lowest BCUT2D eigenvalue weighted by Gasteiger charge is -2.37. The molecule has 0 aliphatic carbocycles. The van der Waals surface area contributed by atoms with E-state index in [0.717, 1.165) is 62.3 Å². The molecule has 2 fully saturated rings. The molecule has 16 nitrogen and oxygen atoms in total. The molecule has 0 spiro atoms. The lowest BCUT2D eigenvalue weighted by atomic mass is 10.2. The summed E-state index contributed by atoms with van der Waals surface area (Å²) in [5.41, 5.74) is 4.63. The number of hydrogen-bond donors (Lipinski definition) is 4. The van der Waals surface area contributed by atoms with Crippen molar-refractivity contribution in [2.24, 2.45) is 5.92 Å². The fourth-order valence-corrected chi connectivity index (χ4v) is 10.9. The fourth-order valence-electron chi connectivity index (χ4n) is 7.51. The van der Waals surface area contributed by atoms with Crippen LogP contribution in [0.1, 0.15) is 25.2 Å². The van der Waals surface area contributed by atoms with E-state index in [0.29, 0.717) is 41.8 Å². The Hall–Kier alpha value is -6.22. The highest BCUT2D eigenvalue weighted by molar-refractivity contribution is 7.93. The summed E-state index contributed by atoms with van der Waals surface area (Å²) in [7, 11) is -7.51. The van der Waals surface area contributed by atoms with Crippen molar-refractivity contribution >= 4 is 77.5 Å². The van der Waals surface area contributed by atoms with Gasteiger partial charge >= 0.3 is 0 Å². The van der Waals surface area contributed by atoms with Crippen molar-refractivity contribution in [1.29, 1.82) is 0 Å². The van der Waals surface area contributed by atoms with Crippen LogP contribution in [0.2, 0.25) is 0 Å². The molecule has 2 saturated heterocycles. The molecule has 0 atom stereocenters. The molecule has 0 unspecified atom stereocenters. The molecule has 4 heterocycles. The van der Waals surface area contributed by atoms with Crippen LogP contribution in [0.5, 0.6) is 0 Å². The van der Waals surface area contributed by atoms with E-state index in [1.54, 1.807) is 84.3 Å². The number of aliphatic hydroxyl groups excluding tert-OH is 1. The smallest absolute Gasteiger partial charge is 0.264 e. The number of thiocarbonyl (C=S) groups is 2. The summed E-state index contributed by atoms with van der Waals surface area (Å²) in [4.78, 5) is 23.0. The lowest BCUT2D eigenvalue weighted by Crippen LogP contribution is -2.52. The Morgan fingerprint density at radius 3 is 1.36 bits per heavy atom. The zero-order chi connectivity index (χ0) is 46.7. The van der Waals surface area contributed by atoms with Gasteiger partial charge in [-0.2, -0.15) is 0 Å². The van der Waals surface area contributed by atoms with E-state index in [4.69, 9.17) is 24.4 Å². The molecule has 8 rings (SSSR count). The van der Waals surface area contributed by atoms with Gasteiger partial charge in [0.2, 0.25) is 0 Å². The molecule has 4 aromatic carbocycles. The number of aliphatic hydroxyl groups is 1. The first kappa shape index (κ1) is 47.7. The number of imidazole rings is 2. The summed E-state index contributed by atoms with van der Waals surface area (Å²) < 4.78 is 56.6. The van der Waals surface area contributed by atoms with Crippen molar-refractivity contribution in [3.63, 3.8) is 0 Å². The Balaban J connectivity index is 0.000000198. The van der Waals surface area contributed by atoms with Crippen LogP contribution in [0.25, 0.3) is 0 Å². The van der Waals surface area contributed by atoms with E-state index < -0.39 is 20.0 Å². The molecule has 0 radical (unpaired) electrons. The van der Waals surface area contributed by atoms with Crippen LogP contribution in [0, 0.1) is 5.92 Å². The van der Waals surface area contributed by atoms with Crippen LogP contribution in [-0.2, 0) is 33.1 Å². The Kier molecular flexibility index (Phi) is 15.8. The van der Waals surface area contributed by atoms with E-state index in [-0.39, 0.29) is 28.1 Å². The molecule has 0 bridgehead atoms. The van der Waals surface area contributed by atoms with Crippen molar-refractivity contribution in [2.75, 3.05) is 77.3 Å². The van der Waals surface area contributed by atoms with E-state index in [9.17, 15) is 21.9 Å². The topological polar surface area (TPSA) is 177 Å². The predicted octanol–water partition coefficient (Wildman–Crippen LogP) is 6.23. The van der Waals surface area contributed by atoms with Crippen LogP contribution in [0.4, 0.5) is 22.7 Å². The molecule has 20 heteroatoms. The van der Waals surface area contributed by atoms with Crippen molar-refractivity contribution in [1.82, 2.24) is 35.1 Å². The van der Waals surface area contributed by atoms with Gasteiger partial charge in [0.25, 0.3) is 25.2 Å². The number of anilines is 4. The summed E-state index contributed by atoms with van der Waals surface area (Å²) in [5.74, 6) is 0.547. The molecule has 66 heavy (non-hydrogen) atoms. The molecule has 2 aromatic heterocycles. The molecule has 4 N–H and O–H groups in total. The molecule has 6 aromatic rings. The molecular weight excluding hydrogens is 915 g/mol. The maximum absolute atomic E-state index is 13.5. The van der Waals surface area contributed by atoms with Gasteiger partial charge in [-0.25, -0.2) is 26.8 Å². The Morgan fingerprint density at radius 2 is 1.02 bits per heavy atom. The largest absolute Gasteiger partial charge is 0.486 e. The highest BCUT2D eigenvalue weighted by atomic mass is 32.2. The van der Waals surface area contributed by atoms with Crippen LogP contribution < -0.4 is 23.7 Å². The van der Waals surface area contributed by atoms with Gasteiger partial charge in [-0.05, 0) is 103 Å². The molecule has 2 aliphatic heterocycles. The first-order valence-electron chi connectivity index (χ1n) is 21.6.